The zero-order valence-corrected chi connectivity index (χ0v) is 15.0. The molecule has 0 N–H and O–H groups in total. The number of ether oxygens (including phenoxy) is 1. The number of fused-ring (bicyclic) bond motifs is 1. The molecule has 3 rings (SSSR count). The smallest absolute Gasteiger partial charge is 0.338 e. The highest BCUT2D eigenvalue weighted by Gasteiger charge is 2.33. The van der Waals surface area contributed by atoms with E-state index in [1.165, 1.54) is 31.4 Å². The number of rotatable bonds is 4. The molecule has 2 aliphatic rings. The minimum Gasteiger partial charge on any atom is -0.462 e. The van der Waals surface area contributed by atoms with E-state index in [-0.39, 0.29) is 29.3 Å². The normalized spacial score (nSPS) is 22.4. The third kappa shape index (κ3) is 3.86. The highest BCUT2D eigenvalue weighted by molar-refractivity contribution is 5.99. The first kappa shape index (κ1) is 18.4. The Bertz CT molecular complexity index is 718. The van der Waals surface area contributed by atoms with Gasteiger partial charge >= 0.3 is 5.97 Å². The van der Waals surface area contributed by atoms with Gasteiger partial charge in [-0.15, -0.1) is 0 Å². The van der Waals surface area contributed by atoms with Crippen LogP contribution in [0.5, 0.6) is 0 Å². The highest BCUT2D eigenvalue weighted by atomic mass is 16.6. The van der Waals surface area contributed by atoms with Gasteiger partial charge in [-0.2, -0.15) is 0 Å². The van der Waals surface area contributed by atoms with Crippen molar-refractivity contribution in [2.75, 3.05) is 19.7 Å². The number of carbonyl (C=O) groups is 2. The SMILES string of the molecule is CCOC(=O)c1cc(C(=O)N2CCC3CCCCC3C2)cc([N+](=O)[O-])c1. The van der Waals surface area contributed by atoms with Gasteiger partial charge in [-0.05, 0) is 37.7 Å². The number of hydrogen-bond donors (Lipinski definition) is 0. The standard InChI is InChI=1S/C19H24N2O5/c1-2-26-19(23)16-9-15(10-17(11-16)21(24)25)18(22)20-8-7-13-5-3-4-6-14(13)12-20/h9-11,13-14H,2-8,12H2,1H3. The molecule has 1 saturated heterocycles. The fourth-order valence-corrected chi connectivity index (χ4v) is 4.14. The molecule has 26 heavy (non-hydrogen) atoms. The number of amides is 1. The second kappa shape index (κ2) is 7.85. The number of likely N-dealkylation sites (tertiary alicyclic amines) is 1. The second-order valence-electron chi connectivity index (χ2n) is 7.09. The van der Waals surface area contributed by atoms with Crippen molar-refractivity contribution >= 4 is 17.6 Å². The van der Waals surface area contributed by atoms with Crippen LogP contribution in [0, 0.1) is 22.0 Å². The lowest BCUT2D eigenvalue weighted by Gasteiger charge is -2.41. The molecule has 1 saturated carbocycles. The van der Waals surface area contributed by atoms with Crippen molar-refractivity contribution in [2.45, 2.75) is 39.0 Å². The van der Waals surface area contributed by atoms with Crippen molar-refractivity contribution in [2.24, 2.45) is 11.8 Å². The Labute approximate surface area is 152 Å². The van der Waals surface area contributed by atoms with Crippen LogP contribution in [-0.2, 0) is 4.74 Å². The molecule has 2 unspecified atom stereocenters. The van der Waals surface area contributed by atoms with Crippen LogP contribution in [0.2, 0.25) is 0 Å². The lowest BCUT2D eigenvalue weighted by atomic mass is 9.75. The molecule has 1 heterocycles. The molecule has 0 bridgehead atoms. The van der Waals surface area contributed by atoms with Crippen LogP contribution in [0.4, 0.5) is 5.69 Å². The molecule has 140 valence electrons. The molecule has 0 spiro atoms. The number of benzene rings is 1. The molecule has 7 nitrogen and oxygen atoms in total. The van der Waals surface area contributed by atoms with Gasteiger partial charge in [0.2, 0.25) is 0 Å². The third-order valence-electron chi connectivity index (χ3n) is 5.47. The molecule has 1 aromatic rings. The molecular weight excluding hydrogens is 336 g/mol. The summed E-state index contributed by atoms with van der Waals surface area (Å²) in [6.45, 7) is 3.19. The van der Waals surface area contributed by atoms with Crippen LogP contribution in [0.25, 0.3) is 0 Å². The van der Waals surface area contributed by atoms with Crippen molar-refractivity contribution in [3.05, 3.63) is 39.4 Å². The summed E-state index contributed by atoms with van der Waals surface area (Å²) >= 11 is 0. The van der Waals surface area contributed by atoms with E-state index in [2.05, 4.69) is 0 Å². The van der Waals surface area contributed by atoms with Gasteiger partial charge in [0.1, 0.15) is 0 Å². The van der Waals surface area contributed by atoms with Crippen molar-refractivity contribution in [1.82, 2.24) is 4.90 Å². The molecule has 1 aliphatic heterocycles. The summed E-state index contributed by atoms with van der Waals surface area (Å²) in [5.74, 6) is 0.303. The van der Waals surface area contributed by atoms with Gasteiger partial charge in [-0.3, -0.25) is 14.9 Å². The van der Waals surface area contributed by atoms with E-state index in [0.717, 1.165) is 18.9 Å². The maximum absolute atomic E-state index is 12.9. The Morgan fingerprint density at radius 3 is 2.54 bits per heavy atom. The Morgan fingerprint density at radius 1 is 1.15 bits per heavy atom. The molecule has 1 amide bonds. The van der Waals surface area contributed by atoms with Gasteiger partial charge in [-0.1, -0.05) is 19.3 Å². The van der Waals surface area contributed by atoms with Crippen molar-refractivity contribution in [3.8, 4) is 0 Å². The van der Waals surface area contributed by atoms with Crippen LogP contribution < -0.4 is 0 Å². The van der Waals surface area contributed by atoms with Gasteiger partial charge < -0.3 is 9.64 Å². The van der Waals surface area contributed by atoms with E-state index in [1.807, 2.05) is 0 Å². The maximum atomic E-state index is 12.9. The van der Waals surface area contributed by atoms with Crippen LogP contribution in [-0.4, -0.2) is 41.4 Å². The van der Waals surface area contributed by atoms with Gasteiger partial charge in [0, 0.05) is 30.8 Å². The third-order valence-corrected chi connectivity index (χ3v) is 5.47. The number of nitro groups is 1. The monoisotopic (exact) mass is 360 g/mol. The van der Waals surface area contributed by atoms with Gasteiger partial charge in [0.15, 0.2) is 0 Å². The molecule has 1 aromatic carbocycles. The zero-order valence-electron chi connectivity index (χ0n) is 15.0. The molecule has 0 radical (unpaired) electrons. The number of hydrogen-bond acceptors (Lipinski definition) is 5. The summed E-state index contributed by atoms with van der Waals surface area (Å²) in [6.07, 6.45) is 5.82. The minimum atomic E-state index is -0.656. The number of esters is 1. The lowest BCUT2D eigenvalue weighted by molar-refractivity contribution is -0.384. The van der Waals surface area contributed by atoms with Gasteiger partial charge in [-0.25, -0.2) is 4.79 Å². The number of nitro benzene ring substituents is 1. The Hall–Kier alpha value is -2.44. The average Bonchev–Trinajstić information content (AvgIpc) is 2.66. The first-order valence-corrected chi connectivity index (χ1v) is 9.25. The predicted molar refractivity (Wildman–Crippen MR) is 95.0 cm³/mol. The van der Waals surface area contributed by atoms with E-state index in [9.17, 15) is 19.7 Å². The van der Waals surface area contributed by atoms with Crippen molar-refractivity contribution in [3.63, 3.8) is 0 Å². The lowest BCUT2D eigenvalue weighted by Crippen LogP contribution is -2.44. The zero-order chi connectivity index (χ0) is 18.7. The van der Waals surface area contributed by atoms with Crippen LogP contribution >= 0.6 is 0 Å². The highest BCUT2D eigenvalue weighted by Crippen LogP contribution is 2.36. The Balaban J connectivity index is 1.83. The Morgan fingerprint density at radius 2 is 1.85 bits per heavy atom. The van der Waals surface area contributed by atoms with Gasteiger partial charge in [0.05, 0.1) is 17.1 Å². The molecule has 2 fully saturated rings. The molecule has 7 heteroatoms. The summed E-state index contributed by atoms with van der Waals surface area (Å²) in [5.41, 5.74) is -0.0556. The van der Waals surface area contributed by atoms with Crippen molar-refractivity contribution < 1.29 is 19.2 Å². The molecule has 1 aliphatic carbocycles. The van der Waals surface area contributed by atoms with Gasteiger partial charge in [0.25, 0.3) is 11.6 Å². The first-order chi connectivity index (χ1) is 12.5. The van der Waals surface area contributed by atoms with Crippen LogP contribution in [0.15, 0.2) is 18.2 Å². The summed E-state index contributed by atoms with van der Waals surface area (Å²) in [5, 5.41) is 11.2. The van der Waals surface area contributed by atoms with E-state index in [0.29, 0.717) is 24.9 Å². The van der Waals surface area contributed by atoms with Crippen LogP contribution in [0.1, 0.15) is 59.7 Å². The minimum absolute atomic E-state index is 0.0388. The molecule has 2 atom stereocenters. The number of carbonyl (C=O) groups excluding carboxylic acids is 2. The summed E-state index contributed by atoms with van der Waals surface area (Å²) in [7, 11) is 0. The largest absolute Gasteiger partial charge is 0.462 e. The first-order valence-electron chi connectivity index (χ1n) is 9.25. The number of piperidine rings is 1. The van der Waals surface area contributed by atoms with E-state index < -0.39 is 10.9 Å². The Kier molecular flexibility index (Phi) is 5.54. The molecule has 0 aromatic heterocycles. The fourth-order valence-electron chi connectivity index (χ4n) is 4.14. The van der Waals surface area contributed by atoms with E-state index in [4.69, 9.17) is 4.74 Å². The summed E-state index contributed by atoms with van der Waals surface area (Å²) < 4.78 is 4.93. The topological polar surface area (TPSA) is 89.8 Å². The summed E-state index contributed by atoms with van der Waals surface area (Å²) in [6, 6.07) is 3.81. The second-order valence-corrected chi connectivity index (χ2v) is 7.09. The predicted octanol–water partition coefficient (Wildman–Crippen LogP) is 3.42. The fraction of sp³-hybridized carbons (Fsp3) is 0.579. The molecular formula is C19H24N2O5. The maximum Gasteiger partial charge on any atom is 0.338 e. The van der Waals surface area contributed by atoms with Crippen molar-refractivity contribution in [1.29, 1.82) is 0 Å². The summed E-state index contributed by atoms with van der Waals surface area (Å²) in [4.78, 5) is 37.3. The average molecular weight is 360 g/mol. The van der Waals surface area contributed by atoms with E-state index in [1.54, 1.807) is 11.8 Å². The number of nitrogens with zero attached hydrogens (tertiary/aromatic N) is 2. The quantitative estimate of drug-likeness (QED) is 0.466. The number of non-ortho nitro benzene ring substituents is 1. The van der Waals surface area contributed by atoms with Crippen LogP contribution in [0.3, 0.4) is 0 Å². The van der Waals surface area contributed by atoms with E-state index >= 15 is 0 Å².